The molecule has 0 bridgehead atoms. The summed E-state index contributed by atoms with van der Waals surface area (Å²) in [6, 6.07) is 5.75. The molecule has 47 valence electrons. The second-order valence-corrected chi connectivity index (χ2v) is 2.17. The fraction of sp³-hybridized carbons (Fsp3) is 0.143. The van der Waals surface area contributed by atoms with Crippen LogP contribution in [0, 0.1) is 18.8 Å². The molecule has 1 aromatic carbocycles. The van der Waals surface area contributed by atoms with Crippen LogP contribution in [-0.4, -0.2) is 0 Å². The van der Waals surface area contributed by atoms with Crippen LogP contribution in [0.2, 0.25) is 5.02 Å². The van der Waals surface area contributed by atoms with Crippen molar-refractivity contribution in [2.75, 3.05) is 0 Å². The largest absolute Gasteiger partial charge is 0.205 e. The van der Waals surface area contributed by atoms with Crippen molar-refractivity contribution < 1.29 is 4.39 Å². The van der Waals surface area contributed by atoms with Crippen molar-refractivity contribution in [1.82, 2.24) is 0 Å². The van der Waals surface area contributed by atoms with Gasteiger partial charge >= 0.3 is 0 Å². The maximum atomic E-state index is 12.6. The van der Waals surface area contributed by atoms with Crippen LogP contribution >= 0.6 is 11.6 Å². The number of halogens is 2. The van der Waals surface area contributed by atoms with Gasteiger partial charge in [0.25, 0.3) is 0 Å². The van der Waals surface area contributed by atoms with Crippen molar-refractivity contribution in [2.45, 2.75) is 6.92 Å². The molecule has 0 aliphatic rings. The highest BCUT2D eigenvalue weighted by molar-refractivity contribution is 6.30. The maximum absolute atomic E-state index is 12.6. The van der Waals surface area contributed by atoms with Gasteiger partial charge in [-0.2, -0.15) is 0 Å². The van der Waals surface area contributed by atoms with Gasteiger partial charge in [0.05, 0.1) is 5.02 Å². The Bertz CT molecular complexity index is 200. The molecule has 0 nitrogen and oxygen atoms in total. The first-order chi connectivity index (χ1) is 4.22. The molecule has 0 saturated heterocycles. The molecule has 0 spiro atoms. The molecule has 0 heterocycles. The van der Waals surface area contributed by atoms with E-state index in [0.717, 1.165) is 0 Å². The number of rotatable bonds is 0. The van der Waals surface area contributed by atoms with Crippen molar-refractivity contribution in [3.63, 3.8) is 0 Å². The summed E-state index contributed by atoms with van der Waals surface area (Å²) in [4.78, 5) is 0. The fourth-order valence-corrected chi connectivity index (χ4v) is 0.760. The Kier molecular flexibility index (Phi) is 1.72. The summed E-state index contributed by atoms with van der Waals surface area (Å²) in [5, 5.41) is 0.159. The van der Waals surface area contributed by atoms with E-state index >= 15 is 0 Å². The second-order valence-electron chi connectivity index (χ2n) is 1.76. The molecule has 0 atom stereocenters. The Morgan fingerprint density at radius 3 is 2.78 bits per heavy atom. The van der Waals surface area contributed by atoms with E-state index in [1.54, 1.807) is 13.0 Å². The van der Waals surface area contributed by atoms with E-state index in [9.17, 15) is 4.39 Å². The standard InChI is InChI=1S/C7H5ClF/c1-5-3-2-4-6(8)7(5)9/h2,4H,1H3. The lowest BCUT2D eigenvalue weighted by atomic mass is 10.2. The van der Waals surface area contributed by atoms with Crippen LogP contribution in [0.3, 0.4) is 0 Å². The smallest absolute Gasteiger partial charge is 0.145 e. The molecule has 9 heavy (non-hydrogen) atoms. The van der Waals surface area contributed by atoms with Gasteiger partial charge in [0.2, 0.25) is 0 Å². The topological polar surface area (TPSA) is 0 Å². The highest BCUT2D eigenvalue weighted by atomic mass is 35.5. The van der Waals surface area contributed by atoms with Gasteiger partial charge in [-0.1, -0.05) is 17.7 Å². The first-order valence-corrected chi connectivity index (χ1v) is 2.92. The summed E-state index contributed by atoms with van der Waals surface area (Å²) < 4.78 is 12.6. The summed E-state index contributed by atoms with van der Waals surface area (Å²) in [6.45, 7) is 1.63. The molecule has 0 N–H and O–H groups in total. The van der Waals surface area contributed by atoms with Crippen LogP contribution in [0.1, 0.15) is 5.56 Å². The van der Waals surface area contributed by atoms with E-state index < -0.39 is 0 Å². The molecule has 0 aliphatic carbocycles. The summed E-state index contributed by atoms with van der Waals surface area (Å²) in [6.07, 6.45) is 0. The summed E-state index contributed by atoms with van der Waals surface area (Å²) >= 11 is 5.42. The summed E-state index contributed by atoms with van der Waals surface area (Å²) in [7, 11) is 0. The van der Waals surface area contributed by atoms with Gasteiger partial charge in [0.15, 0.2) is 0 Å². The zero-order chi connectivity index (χ0) is 6.85. The molecular weight excluding hydrogens is 139 g/mol. The van der Waals surface area contributed by atoms with Crippen molar-refractivity contribution >= 4 is 11.6 Å². The third kappa shape index (κ3) is 1.22. The Morgan fingerprint density at radius 1 is 1.67 bits per heavy atom. The average molecular weight is 144 g/mol. The van der Waals surface area contributed by atoms with Crippen LogP contribution in [0.15, 0.2) is 12.1 Å². The van der Waals surface area contributed by atoms with E-state index in [-0.39, 0.29) is 10.8 Å². The molecule has 1 aromatic rings. The number of hydrogen-bond donors (Lipinski definition) is 0. The quantitative estimate of drug-likeness (QED) is 0.524. The third-order valence-corrected chi connectivity index (χ3v) is 1.36. The van der Waals surface area contributed by atoms with E-state index in [4.69, 9.17) is 11.6 Å². The molecule has 2 heteroatoms. The molecule has 0 unspecified atom stereocenters. The zero-order valence-electron chi connectivity index (χ0n) is 4.91. The first-order valence-electron chi connectivity index (χ1n) is 2.54. The van der Waals surface area contributed by atoms with Crippen molar-refractivity contribution in [3.8, 4) is 0 Å². The monoisotopic (exact) mass is 143 g/mol. The van der Waals surface area contributed by atoms with Gasteiger partial charge in [-0.05, 0) is 24.6 Å². The first kappa shape index (κ1) is 6.56. The normalized spacial score (nSPS) is 9.67. The van der Waals surface area contributed by atoms with E-state index in [1.165, 1.54) is 6.07 Å². The molecule has 1 radical (unpaired) electrons. The minimum Gasteiger partial charge on any atom is -0.205 e. The van der Waals surface area contributed by atoms with Gasteiger partial charge in [-0.25, -0.2) is 4.39 Å². The highest BCUT2D eigenvalue weighted by Crippen LogP contribution is 2.15. The summed E-state index contributed by atoms with van der Waals surface area (Å²) in [5.41, 5.74) is 0.461. The van der Waals surface area contributed by atoms with Gasteiger partial charge < -0.3 is 0 Å². The van der Waals surface area contributed by atoms with Gasteiger partial charge in [0.1, 0.15) is 5.82 Å². The Hall–Kier alpha value is -0.560. The zero-order valence-corrected chi connectivity index (χ0v) is 5.67. The van der Waals surface area contributed by atoms with Crippen LogP contribution in [0.5, 0.6) is 0 Å². The Labute approximate surface area is 58.3 Å². The average Bonchev–Trinajstić information content (AvgIpc) is 1.83. The van der Waals surface area contributed by atoms with Crippen LogP contribution < -0.4 is 0 Å². The lowest BCUT2D eigenvalue weighted by Gasteiger charge is -1.94. The lowest BCUT2D eigenvalue weighted by Crippen LogP contribution is -1.80. The minimum absolute atomic E-state index is 0.159. The molecule has 0 aromatic heterocycles. The number of aryl methyl sites for hydroxylation is 1. The molecular formula is C7H5ClF. The highest BCUT2D eigenvalue weighted by Gasteiger charge is 1.99. The van der Waals surface area contributed by atoms with Crippen molar-refractivity contribution in [1.29, 1.82) is 0 Å². The van der Waals surface area contributed by atoms with E-state index in [0.29, 0.717) is 5.56 Å². The minimum atomic E-state index is -0.376. The summed E-state index contributed by atoms with van der Waals surface area (Å²) in [5.74, 6) is -0.376. The predicted molar refractivity (Wildman–Crippen MR) is 35.0 cm³/mol. The maximum Gasteiger partial charge on any atom is 0.145 e. The van der Waals surface area contributed by atoms with Crippen molar-refractivity contribution in [3.05, 3.63) is 34.6 Å². The molecule has 0 fully saturated rings. The molecule has 0 amide bonds. The van der Waals surface area contributed by atoms with Gasteiger partial charge in [-0.3, -0.25) is 0 Å². The van der Waals surface area contributed by atoms with Crippen LogP contribution in [-0.2, 0) is 0 Å². The Balaban J connectivity index is 3.25. The van der Waals surface area contributed by atoms with Crippen LogP contribution in [0.4, 0.5) is 4.39 Å². The van der Waals surface area contributed by atoms with E-state index in [2.05, 4.69) is 6.07 Å². The molecule has 0 aliphatic heterocycles. The number of benzene rings is 1. The van der Waals surface area contributed by atoms with Gasteiger partial charge in [-0.15, -0.1) is 0 Å². The second kappa shape index (κ2) is 2.36. The molecule has 1 rings (SSSR count). The predicted octanol–water partition coefficient (Wildman–Crippen LogP) is 2.59. The molecule has 0 saturated carbocycles. The fourth-order valence-electron chi connectivity index (χ4n) is 0.555. The Morgan fingerprint density at radius 2 is 2.33 bits per heavy atom. The van der Waals surface area contributed by atoms with Crippen molar-refractivity contribution in [2.24, 2.45) is 0 Å². The third-order valence-electron chi connectivity index (χ3n) is 1.07. The van der Waals surface area contributed by atoms with Crippen LogP contribution in [0.25, 0.3) is 0 Å². The van der Waals surface area contributed by atoms with Gasteiger partial charge in [0, 0.05) is 0 Å². The number of hydrogen-bond acceptors (Lipinski definition) is 0. The SMILES string of the molecule is Cc1[c]ccc(Cl)c1F. The lowest BCUT2D eigenvalue weighted by molar-refractivity contribution is 0.618. The van der Waals surface area contributed by atoms with E-state index in [1.807, 2.05) is 0 Å².